The molecule has 1 unspecified atom stereocenters. The maximum Gasteiger partial charge on any atom is 0.270 e. The van der Waals surface area contributed by atoms with Crippen molar-refractivity contribution in [1.29, 1.82) is 0 Å². The first kappa shape index (κ1) is 15.2. The van der Waals surface area contributed by atoms with Crippen LogP contribution >= 0.6 is 0 Å². The van der Waals surface area contributed by atoms with Gasteiger partial charge in [-0.15, -0.1) is 0 Å². The van der Waals surface area contributed by atoms with Crippen molar-refractivity contribution < 1.29 is 9.72 Å². The summed E-state index contributed by atoms with van der Waals surface area (Å²) >= 11 is 0. The van der Waals surface area contributed by atoms with E-state index in [1.807, 2.05) is 0 Å². The highest BCUT2D eigenvalue weighted by Crippen LogP contribution is 2.14. The third-order valence-corrected chi connectivity index (χ3v) is 3.40. The maximum absolute atomic E-state index is 11.9. The van der Waals surface area contributed by atoms with Gasteiger partial charge in [-0.2, -0.15) is 0 Å². The lowest BCUT2D eigenvalue weighted by Crippen LogP contribution is -2.40. The van der Waals surface area contributed by atoms with Gasteiger partial charge in [-0.05, 0) is 31.0 Å². The van der Waals surface area contributed by atoms with E-state index in [0.29, 0.717) is 5.56 Å². The molecule has 6 heteroatoms. The molecule has 1 amide bonds. The summed E-state index contributed by atoms with van der Waals surface area (Å²) in [6.07, 6.45) is 6.22. The molecule has 2 N–H and O–H groups in total. The molecule has 1 aromatic rings. The fourth-order valence-corrected chi connectivity index (χ4v) is 2.31. The van der Waals surface area contributed by atoms with Crippen LogP contribution in [0.1, 0.15) is 24.8 Å². The Morgan fingerprint density at radius 3 is 3.10 bits per heavy atom. The van der Waals surface area contributed by atoms with Gasteiger partial charge in [-0.3, -0.25) is 14.9 Å². The molecule has 1 saturated heterocycles. The van der Waals surface area contributed by atoms with E-state index in [9.17, 15) is 14.9 Å². The van der Waals surface area contributed by atoms with Gasteiger partial charge in [-0.1, -0.05) is 18.6 Å². The van der Waals surface area contributed by atoms with Crippen molar-refractivity contribution in [2.45, 2.75) is 25.3 Å². The van der Waals surface area contributed by atoms with Gasteiger partial charge in [0.2, 0.25) is 5.91 Å². The number of amides is 1. The number of nitrogens with one attached hydrogen (secondary N) is 2. The largest absolute Gasteiger partial charge is 0.349 e. The Kier molecular flexibility index (Phi) is 5.45. The Balaban J connectivity index is 1.92. The predicted molar refractivity (Wildman–Crippen MR) is 80.8 cm³/mol. The zero-order valence-electron chi connectivity index (χ0n) is 11.7. The quantitative estimate of drug-likeness (QED) is 0.503. The highest BCUT2D eigenvalue weighted by molar-refractivity contribution is 5.92. The van der Waals surface area contributed by atoms with Gasteiger partial charge >= 0.3 is 0 Å². The fourth-order valence-electron chi connectivity index (χ4n) is 2.31. The lowest BCUT2D eigenvalue weighted by atomic mass is 10.1. The minimum Gasteiger partial charge on any atom is -0.349 e. The summed E-state index contributed by atoms with van der Waals surface area (Å²) in [5, 5.41) is 16.9. The monoisotopic (exact) mass is 289 g/mol. The maximum atomic E-state index is 11.9. The van der Waals surface area contributed by atoms with Crippen molar-refractivity contribution in [3.63, 3.8) is 0 Å². The van der Waals surface area contributed by atoms with Crippen LogP contribution < -0.4 is 10.6 Å². The van der Waals surface area contributed by atoms with Crippen molar-refractivity contribution in [3.05, 3.63) is 46.0 Å². The minimum atomic E-state index is -0.450. The van der Waals surface area contributed by atoms with E-state index < -0.39 is 4.92 Å². The van der Waals surface area contributed by atoms with Gasteiger partial charge in [-0.25, -0.2) is 0 Å². The number of nitro benzene ring substituents is 1. The summed E-state index contributed by atoms with van der Waals surface area (Å²) in [4.78, 5) is 22.1. The van der Waals surface area contributed by atoms with Crippen LogP contribution in [-0.2, 0) is 4.79 Å². The van der Waals surface area contributed by atoms with Crippen LogP contribution in [-0.4, -0.2) is 30.0 Å². The highest BCUT2D eigenvalue weighted by Gasteiger charge is 2.12. The standard InChI is InChI=1S/C15H19N3O3/c19-15(17-13-5-1-2-9-16-11-13)8-7-12-4-3-6-14(10-12)18(20)21/h3-4,6-8,10,13,16H,1-2,5,9,11H2,(H,17,19). The molecule has 2 rings (SSSR count). The first-order valence-corrected chi connectivity index (χ1v) is 7.09. The van der Waals surface area contributed by atoms with Gasteiger partial charge in [0.15, 0.2) is 0 Å². The van der Waals surface area contributed by atoms with Crippen molar-refractivity contribution in [2.24, 2.45) is 0 Å². The molecule has 1 atom stereocenters. The third kappa shape index (κ3) is 5.00. The van der Waals surface area contributed by atoms with Crippen LogP contribution in [0.25, 0.3) is 6.08 Å². The zero-order chi connectivity index (χ0) is 15.1. The van der Waals surface area contributed by atoms with E-state index >= 15 is 0 Å². The molecular formula is C15H19N3O3. The molecule has 1 heterocycles. The van der Waals surface area contributed by atoms with Crippen molar-refractivity contribution in [2.75, 3.05) is 13.1 Å². The average molecular weight is 289 g/mol. The van der Waals surface area contributed by atoms with Gasteiger partial charge in [0.05, 0.1) is 4.92 Å². The van der Waals surface area contributed by atoms with Gasteiger partial charge in [0.1, 0.15) is 0 Å². The van der Waals surface area contributed by atoms with E-state index in [2.05, 4.69) is 10.6 Å². The Morgan fingerprint density at radius 2 is 2.29 bits per heavy atom. The number of carbonyl (C=O) groups is 1. The van der Waals surface area contributed by atoms with Crippen LogP contribution in [0, 0.1) is 10.1 Å². The van der Waals surface area contributed by atoms with E-state index in [4.69, 9.17) is 0 Å². The molecule has 1 aromatic carbocycles. The number of nitrogens with zero attached hydrogens (tertiary/aromatic N) is 1. The summed E-state index contributed by atoms with van der Waals surface area (Å²) in [5.74, 6) is -0.171. The lowest BCUT2D eigenvalue weighted by molar-refractivity contribution is -0.384. The second-order valence-electron chi connectivity index (χ2n) is 5.09. The number of rotatable bonds is 4. The van der Waals surface area contributed by atoms with Crippen LogP contribution in [0.3, 0.4) is 0 Å². The molecule has 112 valence electrons. The summed E-state index contributed by atoms with van der Waals surface area (Å²) in [6.45, 7) is 1.78. The minimum absolute atomic E-state index is 0.0190. The SMILES string of the molecule is O=C(C=Cc1cccc([N+](=O)[O-])c1)NC1CCCCNC1. The number of carbonyl (C=O) groups excluding carboxylic acids is 1. The Hall–Kier alpha value is -2.21. The summed E-state index contributed by atoms with van der Waals surface area (Å²) in [7, 11) is 0. The van der Waals surface area contributed by atoms with Gasteiger partial charge in [0.25, 0.3) is 5.69 Å². The summed E-state index contributed by atoms with van der Waals surface area (Å²) in [6, 6.07) is 6.34. The fraction of sp³-hybridized carbons (Fsp3) is 0.400. The Labute approximate surface area is 123 Å². The Morgan fingerprint density at radius 1 is 1.43 bits per heavy atom. The van der Waals surface area contributed by atoms with E-state index in [0.717, 1.165) is 32.4 Å². The van der Waals surface area contributed by atoms with Crippen molar-refractivity contribution >= 4 is 17.7 Å². The molecule has 0 bridgehead atoms. The zero-order valence-corrected chi connectivity index (χ0v) is 11.7. The molecule has 0 aliphatic carbocycles. The van der Waals surface area contributed by atoms with Crippen molar-refractivity contribution in [1.82, 2.24) is 10.6 Å². The molecule has 0 aromatic heterocycles. The van der Waals surface area contributed by atoms with Crippen LogP contribution in [0.2, 0.25) is 0 Å². The van der Waals surface area contributed by atoms with Crippen molar-refractivity contribution in [3.8, 4) is 0 Å². The smallest absolute Gasteiger partial charge is 0.270 e. The molecule has 0 spiro atoms. The summed E-state index contributed by atoms with van der Waals surface area (Å²) < 4.78 is 0. The second-order valence-corrected chi connectivity index (χ2v) is 5.09. The van der Waals surface area contributed by atoms with Gasteiger partial charge < -0.3 is 10.6 Å². The van der Waals surface area contributed by atoms with Crippen LogP contribution in [0.4, 0.5) is 5.69 Å². The first-order chi connectivity index (χ1) is 10.1. The summed E-state index contributed by atoms with van der Waals surface area (Å²) in [5.41, 5.74) is 0.656. The molecule has 0 saturated carbocycles. The van der Waals surface area contributed by atoms with Crippen LogP contribution in [0.5, 0.6) is 0 Å². The molecule has 21 heavy (non-hydrogen) atoms. The van der Waals surface area contributed by atoms with E-state index in [1.54, 1.807) is 18.2 Å². The predicted octanol–water partition coefficient (Wildman–Crippen LogP) is 1.87. The second kappa shape index (κ2) is 7.54. The lowest BCUT2D eigenvalue weighted by Gasteiger charge is -2.14. The molecule has 6 nitrogen and oxygen atoms in total. The van der Waals surface area contributed by atoms with Crippen LogP contribution in [0.15, 0.2) is 30.3 Å². The molecular weight excluding hydrogens is 270 g/mol. The number of hydrogen-bond acceptors (Lipinski definition) is 4. The number of non-ortho nitro benzene ring substituents is 1. The van der Waals surface area contributed by atoms with Gasteiger partial charge in [0, 0.05) is 30.8 Å². The third-order valence-electron chi connectivity index (χ3n) is 3.40. The highest BCUT2D eigenvalue weighted by atomic mass is 16.6. The number of nitro groups is 1. The molecule has 1 aliphatic rings. The topological polar surface area (TPSA) is 84.3 Å². The van der Waals surface area contributed by atoms with E-state index in [1.165, 1.54) is 18.2 Å². The molecule has 1 aliphatic heterocycles. The normalized spacial score (nSPS) is 19.1. The Bertz CT molecular complexity index is 535. The first-order valence-electron chi connectivity index (χ1n) is 7.09. The molecule has 1 fully saturated rings. The number of benzene rings is 1. The number of hydrogen-bond donors (Lipinski definition) is 2. The van der Waals surface area contributed by atoms with E-state index in [-0.39, 0.29) is 17.6 Å². The molecule has 0 radical (unpaired) electrons. The average Bonchev–Trinajstić information content (AvgIpc) is 2.74.